The molecule has 50 heavy (non-hydrogen) atoms. The number of halogens is 2. The van der Waals surface area contributed by atoms with Crippen molar-refractivity contribution < 1.29 is 32.5 Å². The van der Waals surface area contributed by atoms with Crippen molar-refractivity contribution in [2.24, 2.45) is 0 Å². The average Bonchev–Trinajstić information content (AvgIpc) is 3.51. The molecule has 2 aromatic carbocycles. The molecule has 3 aliphatic rings. The number of imidazole rings is 1. The van der Waals surface area contributed by atoms with Crippen LogP contribution in [0.2, 0.25) is 0 Å². The Morgan fingerprint density at radius 1 is 1.06 bits per heavy atom. The van der Waals surface area contributed by atoms with Gasteiger partial charge in [-0.1, -0.05) is 30.4 Å². The molecule has 2 unspecified atom stereocenters. The number of anilines is 1. The predicted octanol–water partition coefficient (Wildman–Crippen LogP) is 8.70. The van der Waals surface area contributed by atoms with Gasteiger partial charge < -0.3 is 23.8 Å². The highest BCUT2D eigenvalue weighted by Crippen LogP contribution is 2.42. The molecule has 8 nitrogen and oxygen atoms in total. The van der Waals surface area contributed by atoms with Crippen molar-refractivity contribution in [2.45, 2.75) is 91.1 Å². The summed E-state index contributed by atoms with van der Waals surface area (Å²) in [7, 11) is 1.38. The summed E-state index contributed by atoms with van der Waals surface area (Å²) in [5, 5.41) is 0. The highest BCUT2D eigenvalue weighted by atomic mass is 19.1. The van der Waals surface area contributed by atoms with Gasteiger partial charge >= 0.3 is 5.97 Å². The molecule has 3 aliphatic heterocycles. The van der Waals surface area contributed by atoms with Gasteiger partial charge in [-0.3, -0.25) is 4.40 Å². The first kappa shape index (κ1) is 35.5. The van der Waals surface area contributed by atoms with Crippen LogP contribution < -0.4 is 9.64 Å². The van der Waals surface area contributed by atoms with Crippen molar-refractivity contribution in [2.75, 3.05) is 31.7 Å². The Morgan fingerprint density at radius 3 is 2.48 bits per heavy atom. The lowest BCUT2D eigenvalue weighted by atomic mass is 9.92. The minimum absolute atomic E-state index is 0.00572. The van der Waals surface area contributed by atoms with Gasteiger partial charge in [0.2, 0.25) is 0 Å². The van der Waals surface area contributed by atoms with Crippen LogP contribution in [0.15, 0.2) is 54.7 Å². The summed E-state index contributed by atoms with van der Waals surface area (Å²) >= 11 is 0. The van der Waals surface area contributed by atoms with Gasteiger partial charge in [0.1, 0.15) is 17.3 Å². The zero-order valence-corrected chi connectivity index (χ0v) is 30.2. The van der Waals surface area contributed by atoms with Gasteiger partial charge in [0.05, 0.1) is 36.7 Å². The molecule has 0 radical (unpaired) electrons. The van der Waals surface area contributed by atoms with Crippen LogP contribution in [0.3, 0.4) is 0 Å². The molecule has 0 aliphatic carbocycles. The SMILES string of the molecule is COC(=O)C(OC(C)(C)C)c1c(C)c(C)c2nc3cn2c1N1CCC(C)(CC1)OCC=CCC(C)Oc1c(F)cc(F)cc1-c1cccc-3c1. The van der Waals surface area contributed by atoms with E-state index in [1.165, 1.54) is 13.2 Å². The monoisotopic (exact) mass is 687 g/mol. The Hall–Kier alpha value is -4.28. The number of carbonyl (C=O) groups excluding carboxylic acids is 1. The summed E-state index contributed by atoms with van der Waals surface area (Å²) in [6.45, 7) is 15.5. The molecule has 0 spiro atoms. The molecule has 4 aromatic rings. The van der Waals surface area contributed by atoms with E-state index in [1.54, 1.807) is 0 Å². The highest BCUT2D eigenvalue weighted by Gasteiger charge is 2.38. The first-order valence-electron chi connectivity index (χ1n) is 17.3. The largest absolute Gasteiger partial charge is 0.487 e. The maximum atomic E-state index is 15.3. The minimum Gasteiger partial charge on any atom is -0.487 e. The van der Waals surface area contributed by atoms with Crippen LogP contribution >= 0.6 is 0 Å². The van der Waals surface area contributed by atoms with Crippen molar-refractivity contribution in [1.82, 2.24) is 9.38 Å². The summed E-state index contributed by atoms with van der Waals surface area (Å²) in [5.41, 5.74) is 4.56. The van der Waals surface area contributed by atoms with Crippen molar-refractivity contribution in [3.05, 3.63) is 83.1 Å². The van der Waals surface area contributed by atoms with Crippen molar-refractivity contribution in [3.8, 4) is 28.1 Å². The van der Waals surface area contributed by atoms with Crippen LogP contribution in [-0.2, 0) is 19.0 Å². The number of aryl methyl sites for hydroxylation is 1. The first-order chi connectivity index (χ1) is 23.7. The molecule has 10 heteroatoms. The summed E-state index contributed by atoms with van der Waals surface area (Å²) in [6.07, 6.45) is 6.57. The maximum absolute atomic E-state index is 15.3. The van der Waals surface area contributed by atoms with Gasteiger partial charge in [0.25, 0.3) is 0 Å². The quantitative estimate of drug-likeness (QED) is 0.158. The molecular formula is C40H47F2N3O5. The van der Waals surface area contributed by atoms with Crippen LogP contribution in [0.4, 0.5) is 14.6 Å². The smallest absolute Gasteiger partial charge is 0.339 e. The molecule has 1 saturated heterocycles. The van der Waals surface area contributed by atoms with E-state index in [1.807, 2.05) is 88.6 Å². The number of hydrogen-bond acceptors (Lipinski definition) is 7. The third kappa shape index (κ3) is 7.14. The number of ether oxygens (including phenoxy) is 4. The number of fused-ring (bicyclic) bond motifs is 7. The van der Waals surface area contributed by atoms with Crippen LogP contribution in [0, 0.1) is 25.5 Å². The second-order valence-corrected chi connectivity index (χ2v) is 14.7. The standard InChI is InChI=1S/C40H47F2N3O5/c1-24-12-9-10-19-48-40(7)15-17-44(18-16-40)37-33(35(38(46)47-8)50-39(4,5)6)25(2)26(3)36-43-32(23-45(36)37)28-14-11-13-27(20-28)30-21-29(41)22-31(42)34(30)49-24/h9-11,13-14,20-24,35H,12,15-19H2,1-8H3. The summed E-state index contributed by atoms with van der Waals surface area (Å²) in [5.74, 6) is -1.14. The van der Waals surface area contributed by atoms with Crippen LogP contribution in [0.5, 0.6) is 5.75 Å². The lowest BCUT2D eigenvalue weighted by molar-refractivity contribution is -0.164. The molecule has 5 heterocycles. The molecule has 1 fully saturated rings. The average molecular weight is 688 g/mol. The van der Waals surface area contributed by atoms with Gasteiger partial charge in [-0.25, -0.2) is 18.6 Å². The van der Waals surface area contributed by atoms with E-state index in [-0.39, 0.29) is 17.5 Å². The number of nitrogens with zero attached hydrogens (tertiary/aromatic N) is 3. The van der Waals surface area contributed by atoms with E-state index in [4.69, 9.17) is 23.9 Å². The third-order valence-electron chi connectivity index (χ3n) is 9.71. The number of hydrogen-bond donors (Lipinski definition) is 0. The van der Waals surface area contributed by atoms with Crippen LogP contribution in [0.1, 0.15) is 76.7 Å². The Morgan fingerprint density at radius 2 is 1.78 bits per heavy atom. The normalized spacial score (nSPS) is 20.4. The lowest BCUT2D eigenvalue weighted by Crippen LogP contribution is -2.45. The Bertz CT molecular complexity index is 1940. The molecule has 0 saturated carbocycles. The number of rotatable bonds is 3. The van der Waals surface area contributed by atoms with Gasteiger partial charge in [-0.2, -0.15) is 0 Å². The molecule has 2 aromatic heterocycles. The van der Waals surface area contributed by atoms with Crippen LogP contribution in [0.25, 0.3) is 28.0 Å². The van der Waals surface area contributed by atoms with Crippen molar-refractivity contribution in [1.29, 1.82) is 0 Å². The fourth-order valence-corrected chi connectivity index (χ4v) is 6.87. The van der Waals surface area contributed by atoms with E-state index >= 15 is 4.39 Å². The van der Waals surface area contributed by atoms with Gasteiger partial charge in [0, 0.05) is 48.5 Å². The highest BCUT2D eigenvalue weighted by molar-refractivity contribution is 5.82. The number of carbonyl (C=O) groups is 1. The first-order valence-corrected chi connectivity index (χ1v) is 17.3. The Kier molecular flexibility index (Phi) is 9.81. The zero-order chi connectivity index (χ0) is 36.0. The maximum Gasteiger partial charge on any atom is 0.339 e. The fourth-order valence-electron chi connectivity index (χ4n) is 6.87. The molecule has 2 atom stereocenters. The summed E-state index contributed by atoms with van der Waals surface area (Å²) in [4.78, 5) is 20.9. The number of esters is 1. The van der Waals surface area contributed by atoms with Gasteiger partial charge in [-0.05, 0) is 90.1 Å². The van der Waals surface area contributed by atoms with E-state index in [2.05, 4.69) is 11.8 Å². The molecule has 6 bridgehead atoms. The lowest BCUT2D eigenvalue weighted by Gasteiger charge is -2.42. The van der Waals surface area contributed by atoms with Gasteiger partial charge in [-0.15, -0.1) is 0 Å². The number of benzene rings is 2. The second-order valence-electron chi connectivity index (χ2n) is 14.7. The molecular weight excluding hydrogens is 640 g/mol. The topological polar surface area (TPSA) is 74.5 Å². The molecule has 0 amide bonds. The Balaban J connectivity index is 1.60. The van der Waals surface area contributed by atoms with E-state index in [9.17, 15) is 9.18 Å². The number of methoxy groups -OCH3 is 1. The number of aromatic nitrogens is 2. The minimum atomic E-state index is -0.990. The summed E-state index contributed by atoms with van der Waals surface area (Å²) in [6, 6.07) is 9.60. The van der Waals surface area contributed by atoms with Crippen molar-refractivity contribution in [3.63, 3.8) is 0 Å². The Labute approximate surface area is 293 Å². The van der Waals surface area contributed by atoms with E-state index < -0.39 is 29.3 Å². The summed E-state index contributed by atoms with van der Waals surface area (Å²) < 4.78 is 56.4. The molecule has 0 N–H and O–H groups in total. The van der Waals surface area contributed by atoms with Gasteiger partial charge in [0.15, 0.2) is 17.7 Å². The number of piperidine rings is 1. The van der Waals surface area contributed by atoms with E-state index in [0.717, 1.165) is 52.6 Å². The molecule has 7 rings (SSSR count). The molecule has 266 valence electrons. The number of pyridine rings is 1. The third-order valence-corrected chi connectivity index (χ3v) is 9.71. The van der Waals surface area contributed by atoms with E-state index in [0.29, 0.717) is 42.9 Å². The van der Waals surface area contributed by atoms with Crippen molar-refractivity contribution >= 4 is 17.4 Å². The fraction of sp³-hybridized carbons (Fsp3) is 0.450. The zero-order valence-electron chi connectivity index (χ0n) is 30.2. The predicted molar refractivity (Wildman–Crippen MR) is 191 cm³/mol. The second kappa shape index (κ2) is 13.8. The van der Waals surface area contributed by atoms with Crippen LogP contribution in [-0.4, -0.2) is 59.5 Å².